The minimum atomic E-state index is -0.0670. The molecule has 2 rings (SSSR count). The van der Waals surface area contributed by atoms with E-state index in [-0.39, 0.29) is 5.56 Å². The largest absolute Gasteiger partial charge is 0.496 e. The van der Waals surface area contributed by atoms with Crippen LogP contribution >= 0.6 is 15.9 Å². The fraction of sp³-hybridized carbons (Fsp3) is 0.154. The van der Waals surface area contributed by atoms with Gasteiger partial charge < -0.3 is 15.0 Å². The van der Waals surface area contributed by atoms with Crippen molar-refractivity contribution in [1.82, 2.24) is 4.57 Å². The zero-order valence-electron chi connectivity index (χ0n) is 9.89. The number of methoxy groups -OCH3 is 1. The summed E-state index contributed by atoms with van der Waals surface area (Å²) in [6.45, 7) is 0.423. The highest BCUT2D eigenvalue weighted by atomic mass is 79.9. The second-order valence-corrected chi connectivity index (χ2v) is 4.80. The number of ether oxygens (including phenoxy) is 1. The summed E-state index contributed by atoms with van der Waals surface area (Å²) in [5.41, 5.74) is 7.20. The summed E-state index contributed by atoms with van der Waals surface area (Å²) in [5, 5.41) is 0. The third-order valence-electron chi connectivity index (χ3n) is 2.59. The van der Waals surface area contributed by atoms with Crippen molar-refractivity contribution in [3.05, 3.63) is 56.9 Å². The standard InChI is InChI=1S/C13H13BrN2O2/c1-18-12-4-3-11(15)6-9(12)7-16-8-10(14)2-5-13(16)17/h2-6,8H,7,15H2,1H3. The molecular weight excluding hydrogens is 296 g/mol. The highest BCUT2D eigenvalue weighted by Crippen LogP contribution is 2.21. The first-order valence-corrected chi connectivity index (χ1v) is 6.18. The maximum absolute atomic E-state index is 11.7. The van der Waals surface area contributed by atoms with Crippen molar-refractivity contribution in [2.75, 3.05) is 12.8 Å². The fourth-order valence-corrected chi connectivity index (χ4v) is 2.11. The Kier molecular flexibility index (Phi) is 3.72. The van der Waals surface area contributed by atoms with Crippen molar-refractivity contribution in [3.63, 3.8) is 0 Å². The number of benzene rings is 1. The minimum absolute atomic E-state index is 0.0670. The summed E-state index contributed by atoms with van der Waals surface area (Å²) in [4.78, 5) is 11.7. The molecule has 0 fully saturated rings. The molecule has 1 heterocycles. The van der Waals surface area contributed by atoms with E-state index in [0.717, 1.165) is 15.8 Å². The number of halogens is 1. The number of pyridine rings is 1. The molecule has 0 saturated heterocycles. The van der Waals surface area contributed by atoms with Gasteiger partial charge in [0.05, 0.1) is 13.7 Å². The summed E-state index contributed by atoms with van der Waals surface area (Å²) >= 11 is 3.34. The van der Waals surface area contributed by atoms with E-state index in [1.54, 1.807) is 36.1 Å². The SMILES string of the molecule is COc1ccc(N)cc1Cn1cc(Br)ccc1=O. The van der Waals surface area contributed by atoms with Gasteiger partial charge in [0.25, 0.3) is 5.56 Å². The maximum Gasteiger partial charge on any atom is 0.250 e. The Morgan fingerprint density at radius 3 is 2.83 bits per heavy atom. The van der Waals surface area contributed by atoms with Gasteiger partial charge in [-0.3, -0.25) is 4.79 Å². The van der Waals surface area contributed by atoms with Gasteiger partial charge in [0.1, 0.15) is 5.75 Å². The zero-order valence-corrected chi connectivity index (χ0v) is 11.5. The van der Waals surface area contributed by atoms with Crippen LogP contribution in [0.25, 0.3) is 0 Å². The van der Waals surface area contributed by atoms with Crippen LogP contribution in [0.1, 0.15) is 5.56 Å². The van der Waals surface area contributed by atoms with Gasteiger partial charge in [0.2, 0.25) is 0 Å². The number of hydrogen-bond donors (Lipinski definition) is 1. The average Bonchev–Trinajstić information content (AvgIpc) is 2.34. The van der Waals surface area contributed by atoms with Crippen LogP contribution in [0.3, 0.4) is 0 Å². The third kappa shape index (κ3) is 2.73. The van der Waals surface area contributed by atoms with Gasteiger partial charge in [-0.25, -0.2) is 0 Å². The van der Waals surface area contributed by atoms with Crippen molar-refractivity contribution >= 4 is 21.6 Å². The van der Waals surface area contributed by atoms with Crippen LogP contribution in [0.2, 0.25) is 0 Å². The molecule has 0 atom stereocenters. The molecule has 0 saturated carbocycles. The van der Waals surface area contributed by atoms with Gasteiger partial charge >= 0.3 is 0 Å². The van der Waals surface area contributed by atoms with Gasteiger partial charge in [0.15, 0.2) is 0 Å². The molecule has 1 aromatic heterocycles. The van der Waals surface area contributed by atoms with Crippen molar-refractivity contribution in [2.45, 2.75) is 6.54 Å². The molecule has 0 radical (unpaired) electrons. The molecule has 5 heteroatoms. The number of aromatic nitrogens is 1. The first-order chi connectivity index (χ1) is 8.60. The highest BCUT2D eigenvalue weighted by Gasteiger charge is 2.05. The molecule has 0 aliphatic carbocycles. The Morgan fingerprint density at radius 1 is 1.33 bits per heavy atom. The summed E-state index contributed by atoms with van der Waals surface area (Å²) in [5.74, 6) is 0.719. The van der Waals surface area contributed by atoms with Crippen molar-refractivity contribution in [3.8, 4) is 5.75 Å². The Morgan fingerprint density at radius 2 is 2.11 bits per heavy atom. The number of anilines is 1. The van der Waals surface area contributed by atoms with Gasteiger partial charge in [-0.1, -0.05) is 0 Å². The summed E-state index contributed by atoms with van der Waals surface area (Å²) in [6.07, 6.45) is 1.74. The van der Waals surface area contributed by atoms with Crippen LogP contribution < -0.4 is 16.0 Å². The monoisotopic (exact) mass is 308 g/mol. The maximum atomic E-state index is 11.7. The topological polar surface area (TPSA) is 57.2 Å². The lowest BCUT2D eigenvalue weighted by atomic mass is 10.1. The number of nitrogen functional groups attached to an aromatic ring is 1. The van der Waals surface area contributed by atoms with E-state index in [0.29, 0.717) is 12.2 Å². The average molecular weight is 309 g/mol. The lowest BCUT2D eigenvalue weighted by Gasteiger charge is -2.11. The molecule has 94 valence electrons. The number of hydrogen-bond acceptors (Lipinski definition) is 3. The lowest BCUT2D eigenvalue weighted by molar-refractivity contribution is 0.408. The molecule has 4 nitrogen and oxygen atoms in total. The smallest absolute Gasteiger partial charge is 0.250 e. The van der Waals surface area contributed by atoms with E-state index >= 15 is 0 Å². The predicted octanol–water partition coefficient (Wildman–Crippen LogP) is 2.25. The van der Waals surface area contributed by atoms with Crippen LogP contribution in [-0.2, 0) is 6.54 Å². The van der Waals surface area contributed by atoms with Gasteiger partial charge in [0, 0.05) is 28.0 Å². The molecule has 2 aromatic rings. The van der Waals surface area contributed by atoms with E-state index in [1.165, 1.54) is 6.07 Å². The van der Waals surface area contributed by atoms with Gasteiger partial charge in [-0.2, -0.15) is 0 Å². The number of nitrogens with two attached hydrogens (primary N) is 1. The fourth-order valence-electron chi connectivity index (χ4n) is 1.73. The summed E-state index contributed by atoms with van der Waals surface area (Å²) < 4.78 is 7.71. The number of nitrogens with zero attached hydrogens (tertiary/aromatic N) is 1. The summed E-state index contributed by atoms with van der Waals surface area (Å²) in [7, 11) is 1.60. The van der Waals surface area contributed by atoms with Crippen LogP contribution in [0.5, 0.6) is 5.75 Å². The second kappa shape index (κ2) is 5.27. The quantitative estimate of drug-likeness (QED) is 0.885. The molecule has 1 aromatic carbocycles. The molecule has 0 aliphatic heterocycles. The van der Waals surface area contributed by atoms with Gasteiger partial charge in [-0.15, -0.1) is 0 Å². The van der Waals surface area contributed by atoms with Crippen molar-refractivity contribution < 1.29 is 4.74 Å². The van der Waals surface area contributed by atoms with E-state index in [1.807, 2.05) is 6.07 Å². The Bertz CT molecular complexity index is 623. The highest BCUT2D eigenvalue weighted by molar-refractivity contribution is 9.10. The van der Waals surface area contributed by atoms with E-state index in [9.17, 15) is 4.79 Å². The van der Waals surface area contributed by atoms with Crippen LogP contribution in [0.4, 0.5) is 5.69 Å². The van der Waals surface area contributed by atoms with Crippen LogP contribution in [-0.4, -0.2) is 11.7 Å². The summed E-state index contributed by atoms with van der Waals surface area (Å²) in [6, 6.07) is 8.62. The molecule has 0 amide bonds. The Labute approximate surface area is 113 Å². The normalized spacial score (nSPS) is 10.3. The predicted molar refractivity (Wildman–Crippen MR) is 74.9 cm³/mol. The lowest BCUT2D eigenvalue weighted by Crippen LogP contribution is -2.19. The van der Waals surface area contributed by atoms with Gasteiger partial charge in [-0.05, 0) is 40.2 Å². The Balaban J connectivity index is 2.42. The minimum Gasteiger partial charge on any atom is -0.496 e. The molecule has 0 spiro atoms. The molecule has 18 heavy (non-hydrogen) atoms. The second-order valence-electron chi connectivity index (χ2n) is 3.88. The molecule has 2 N–H and O–H groups in total. The molecular formula is C13H13BrN2O2. The van der Waals surface area contributed by atoms with Crippen LogP contribution in [0, 0.1) is 0 Å². The third-order valence-corrected chi connectivity index (χ3v) is 3.06. The first-order valence-electron chi connectivity index (χ1n) is 5.38. The molecule has 0 unspecified atom stereocenters. The van der Waals surface area contributed by atoms with Crippen molar-refractivity contribution in [2.24, 2.45) is 0 Å². The van der Waals surface area contributed by atoms with Crippen LogP contribution in [0.15, 0.2) is 45.8 Å². The Hall–Kier alpha value is -1.75. The zero-order chi connectivity index (χ0) is 13.1. The molecule has 0 bridgehead atoms. The number of rotatable bonds is 3. The first kappa shape index (κ1) is 12.7. The van der Waals surface area contributed by atoms with Crippen molar-refractivity contribution in [1.29, 1.82) is 0 Å². The van der Waals surface area contributed by atoms with E-state index < -0.39 is 0 Å². The van der Waals surface area contributed by atoms with E-state index in [2.05, 4.69) is 15.9 Å². The van der Waals surface area contributed by atoms with E-state index in [4.69, 9.17) is 10.5 Å². The molecule has 0 aliphatic rings.